The van der Waals surface area contributed by atoms with Crippen molar-refractivity contribution in [2.45, 2.75) is 65.4 Å². The Balaban J connectivity index is 4.53. The average molecular weight is 281 g/mol. The van der Waals surface area contributed by atoms with Gasteiger partial charge in [0.15, 0.2) is 25.0 Å². The van der Waals surface area contributed by atoms with E-state index in [9.17, 15) is 0 Å². The molecule has 0 aromatic carbocycles. The Morgan fingerprint density at radius 3 is 0.812 bits per heavy atom. The second-order valence-electron chi connectivity index (χ2n) is 6.98. The first kappa shape index (κ1) is 16.5. The van der Waals surface area contributed by atoms with Crippen LogP contribution >= 0.6 is 0 Å². The summed E-state index contributed by atoms with van der Waals surface area (Å²) < 4.78 is 17.9. The van der Waals surface area contributed by atoms with Gasteiger partial charge in [-0.15, -0.1) is 0 Å². The predicted octanol–water partition coefficient (Wildman–Crippen LogP) is 3.82. The SMILES string of the molecule is C[Si](C)(C)OC(O[Si](C)(C)C)O[Si](C)(C)C. The van der Waals surface area contributed by atoms with E-state index in [0.717, 1.165) is 0 Å². The highest BCUT2D eigenvalue weighted by Gasteiger charge is 2.31. The Hall–Kier alpha value is 0.531. The number of rotatable bonds is 6. The lowest BCUT2D eigenvalue weighted by Gasteiger charge is -2.34. The van der Waals surface area contributed by atoms with Crippen LogP contribution in [0.4, 0.5) is 0 Å². The van der Waals surface area contributed by atoms with Crippen LogP contribution in [0.1, 0.15) is 0 Å². The minimum atomic E-state index is -1.63. The van der Waals surface area contributed by atoms with Crippen molar-refractivity contribution in [3.8, 4) is 0 Å². The third-order valence-corrected chi connectivity index (χ3v) is 4.05. The molecule has 0 unspecified atom stereocenters. The zero-order valence-electron chi connectivity index (χ0n) is 12.3. The fourth-order valence-electron chi connectivity index (χ4n) is 0.938. The van der Waals surface area contributed by atoms with Crippen molar-refractivity contribution in [3.05, 3.63) is 0 Å². The molecule has 0 aromatic rings. The Labute approximate surface area is 104 Å². The molecule has 0 heterocycles. The fourth-order valence-corrected chi connectivity index (χ4v) is 3.25. The molecule has 0 rings (SSSR count). The van der Waals surface area contributed by atoms with E-state index in [1.807, 2.05) is 0 Å². The van der Waals surface area contributed by atoms with Crippen molar-refractivity contribution < 1.29 is 13.3 Å². The zero-order chi connectivity index (χ0) is 13.2. The molecule has 0 aliphatic rings. The second-order valence-corrected chi connectivity index (χ2v) is 20.4. The Kier molecular flexibility index (Phi) is 5.63. The van der Waals surface area contributed by atoms with Crippen LogP contribution in [0.15, 0.2) is 0 Å². The van der Waals surface area contributed by atoms with E-state index in [1.54, 1.807) is 0 Å². The molecule has 0 atom stereocenters. The van der Waals surface area contributed by atoms with Gasteiger partial charge in [-0.25, -0.2) is 0 Å². The van der Waals surface area contributed by atoms with Crippen molar-refractivity contribution in [2.75, 3.05) is 0 Å². The van der Waals surface area contributed by atoms with Crippen molar-refractivity contribution in [1.82, 2.24) is 0 Å². The first-order valence-electron chi connectivity index (χ1n) is 5.82. The lowest BCUT2D eigenvalue weighted by molar-refractivity contribution is -0.157. The van der Waals surface area contributed by atoms with E-state index >= 15 is 0 Å². The molecule has 0 radical (unpaired) electrons. The molecule has 0 aliphatic heterocycles. The van der Waals surface area contributed by atoms with E-state index in [4.69, 9.17) is 13.3 Å². The van der Waals surface area contributed by atoms with Gasteiger partial charge in [-0.2, -0.15) is 0 Å². The van der Waals surface area contributed by atoms with E-state index in [1.165, 1.54) is 0 Å². The molecule has 6 heteroatoms. The first-order chi connectivity index (χ1) is 6.79. The van der Waals surface area contributed by atoms with Gasteiger partial charge in [0.25, 0.3) is 0 Å². The minimum absolute atomic E-state index is 0.454. The summed E-state index contributed by atoms with van der Waals surface area (Å²) in [6.07, 6.45) is 0. The molecule has 0 spiro atoms. The molecule has 0 saturated heterocycles. The zero-order valence-corrected chi connectivity index (χ0v) is 15.3. The third-order valence-electron chi connectivity index (χ3n) is 1.35. The largest absolute Gasteiger partial charge is 0.373 e. The lowest BCUT2D eigenvalue weighted by atomic mass is 11.4. The van der Waals surface area contributed by atoms with Crippen LogP contribution in [0.5, 0.6) is 0 Å². The van der Waals surface area contributed by atoms with Crippen LogP contribution in [0.25, 0.3) is 0 Å². The number of hydrogen-bond acceptors (Lipinski definition) is 3. The summed E-state index contributed by atoms with van der Waals surface area (Å²) in [4.78, 5) is 0. The smallest absolute Gasteiger partial charge is 0.243 e. The van der Waals surface area contributed by atoms with Gasteiger partial charge in [-0.05, 0) is 58.9 Å². The maximum absolute atomic E-state index is 5.95. The van der Waals surface area contributed by atoms with Gasteiger partial charge in [0, 0.05) is 0 Å². The molecule has 0 fully saturated rings. The summed E-state index contributed by atoms with van der Waals surface area (Å²) >= 11 is 0. The Morgan fingerprint density at radius 2 is 0.688 bits per heavy atom. The highest BCUT2D eigenvalue weighted by Crippen LogP contribution is 2.18. The summed E-state index contributed by atoms with van der Waals surface area (Å²) in [5.74, 6) is 0. The van der Waals surface area contributed by atoms with E-state index in [2.05, 4.69) is 58.9 Å². The quantitative estimate of drug-likeness (QED) is 0.547. The molecule has 98 valence electrons. The van der Waals surface area contributed by atoms with Crippen molar-refractivity contribution in [3.63, 3.8) is 0 Å². The van der Waals surface area contributed by atoms with Crippen LogP contribution < -0.4 is 0 Å². The summed E-state index contributed by atoms with van der Waals surface area (Å²) in [6, 6.07) is 0. The van der Waals surface area contributed by atoms with Crippen LogP contribution in [0.3, 0.4) is 0 Å². The van der Waals surface area contributed by atoms with Crippen LogP contribution in [-0.2, 0) is 13.3 Å². The van der Waals surface area contributed by atoms with E-state index in [-0.39, 0.29) is 0 Å². The van der Waals surface area contributed by atoms with Crippen molar-refractivity contribution in [2.24, 2.45) is 0 Å². The summed E-state index contributed by atoms with van der Waals surface area (Å²) in [5, 5.41) is 0. The van der Waals surface area contributed by atoms with Gasteiger partial charge in [0.05, 0.1) is 0 Å². The summed E-state index contributed by atoms with van der Waals surface area (Å²) in [5.41, 5.74) is 0. The van der Waals surface area contributed by atoms with Gasteiger partial charge in [-0.1, -0.05) is 0 Å². The molecule has 0 bridgehead atoms. The maximum Gasteiger partial charge on any atom is 0.243 e. The predicted molar refractivity (Wildman–Crippen MR) is 77.1 cm³/mol. The monoisotopic (exact) mass is 280 g/mol. The van der Waals surface area contributed by atoms with Gasteiger partial charge in [-0.3, -0.25) is 0 Å². The van der Waals surface area contributed by atoms with Crippen molar-refractivity contribution in [1.29, 1.82) is 0 Å². The third kappa shape index (κ3) is 11.0. The first-order valence-corrected chi connectivity index (χ1v) is 16.0. The maximum atomic E-state index is 5.95. The molecule has 0 saturated carbocycles. The summed E-state index contributed by atoms with van der Waals surface area (Å²) in [7, 11) is -4.88. The topological polar surface area (TPSA) is 27.7 Å². The molecule has 0 aromatic heterocycles. The van der Waals surface area contributed by atoms with Gasteiger partial charge in [0.2, 0.25) is 6.48 Å². The van der Waals surface area contributed by atoms with Gasteiger partial charge in [0.1, 0.15) is 0 Å². The molecular weight excluding hydrogens is 252 g/mol. The molecule has 0 N–H and O–H groups in total. The lowest BCUT2D eigenvalue weighted by Crippen LogP contribution is -2.45. The molecule has 0 amide bonds. The van der Waals surface area contributed by atoms with E-state index < -0.39 is 31.4 Å². The van der Waals surface area contributed by atoms with E-state index in [0.29, 0.717) is 0 Å². The van der Waals surface area contributed by atoms with Crippen LogP contribution in [-0.4, -0.2) is 31.4 Å². The number of hydrogen-bond donors (Lipinski definition) is 0. The van der Waals surface area contributed by atoms with Gasteiger partial charge >= 0.3 is 0 Å². The average Bonchev–Trinajstić information content (AvgIpc) is 1.70. The van der Waals surface area contributed by atoms with Crippen LogP contribution in [0, 0.1) is 0 Å². The Bertz CT molecular complexity index is 175. The normalized spacial score (nSPS) is 14.6. The Morgan fingerprint density at radius 1 is 0.500 bits per heavy atom. The molecule has 0 aliphatic carbocycles. The highest BCUT2D eigenvalue weighted by atomic mass is 28.4. The molecular formula is C10H28O3Si3. The second kappa shape index (κ2) is 5.45. The highest BCUT2D eigenvalue weighted by molar-refractivity contribution is 6.71. The van der Waals surface area contributed by atoms with Crippen LogP contribution in [0.2, 0.25) is 58.9 Å². The minimum Gasteiger partial charge on any atom is -0.373 e. The fraction of sp³-hybridized carbons (Fsp3) is 1.00. The molecule has 16 heavy (non-hydrogen) atoms. The van der Waals surface area contributed by atoms with Crippen molar-refractivity contribution >= 4 is 25.0 Å². The standard InChI is InChI=1S/C10H28O3Si3/c1-14(2,3)11-10(12-15(4,5)6)13-16(7,8)9/h10H,1-9H3. The van der Waals surface area contributed by atoms with Gasteiger partial charge < -0.3 is 13.3 Å². The molecule has 3 nitrogen and oxygen atoms in total. The summed E-state index contributed by atoms with van der Waals surface area (Å²) in [6.45, 7) is 18.9.